The standard InChI is InChI=1S/C12H25N3O3S/c1-2-19(17,18)15-8-4-7-14-12(16)10-5-3-6-11(13)9-10/h10-11,15H,2-9,13H2,1H3,(H,14,16). The van der Waals surface area contributed by atoms with E-state index in [1.54, 1.807) is 6.92 Å². The summed E-state index contributed by atoms with van der Waals surface area (Å²) in [4.78, 5) is 11.9. The van der Waals surface area contributed by atoms with Crippen LogP contribution < -0.4 is 15.8 Å². The largest absolute Gasteiger partial charge is 0.356 e. The fourth-order valence-electron chi connectivity index (χ4n) is 2.24. The second-order valence-electron chi connectivity index (χ2n) is 5.07. The highest BCUT2D eigenvalue weighted by Gasteiger charge is 2.24. The first kappa shape index (κ1) is 16.4. The first-order valence-corrected chi connectivity index (χ1v) is 8.60. The average molecular weight is 291 g/mol. The maximum Gasteiger partial charge on any atom is 0.223 e. The summed E-state index contributed by atoms with van der Waals surface area (Å²) in [5, 5.41) is 2.85. The molecule has 6 nitrogen and oxygen atoms in total. The highest BCUT2D eigenvalue weighted by Crippen LogP contribution is 2.22. The van der Waals surface area contributed by atoms with Crippen molar-refractivity contribution >= 4 is 15.9 Å². The Bertz CT molecular complexity index is 384. The van der Waals surface area contributed by atoms with Crippen LogP contribution in [-0.2, 0) is 14.8 Å². The molecule has 0 bridgehead atoms. The first-order valence-electron chi connectivity index (χ1n) is 6.95. The minimum Gasteiger partial charge on any atom is -0.356 e. The van der Waals surface area contributed by atoms with Crippen LogP contribution in [0.4, 0.5) is 0 Å². The number of hydrogen-bond acceptors (Lipinski definition) is 4. The van der Waals surface area contributed by atoms with E-state index in [2.05, 4.69) is 10.0 Å². The summed E-state index contributed by atoms with van der Waals surface area (Å²) in [5.41, 5.74) is 5.85. The van der Waals surface area contributed by atoms with Gasteiger partial charge >= 0.3 is 0 Å². The summed E-state index contributed by atoms with van der Waals surface area (Å²) < 4.78 is 24.8. The molecule has 0 heterocycles. The van der Waals surface area contributed by atoms with E-state index >= 15 is 0 Å². The molecule has 7 heteroatoms. The second-order valence-corrected chi connectivity index (χ2v) is 7.16. The van der Waals surface area contributed by atoms with Gasteiger partial charge in [-0.15, -0.1) is 0 Å². The molecule has 0 saturated heterocycles. The molecule has 2 unspecified atom stereocenters. The van der Waals surface area contributed by atoms with Crippen LogP contribution in [0.2, 0.25) is 0 Å². The number of sulfonamides is 1. The van der Waals surface area contributed by atoms with Gasteiger partial charge in [-0.05, 0) is 32.6 Å². The third-order valence-electron chi connectivity index (χ3n) is 3.44. The molecule has 0 radical (unpaired) electrons. The molecule has 1 amide bonds. The SMILES string of the molecule is CCS(=O)(=O)NCCCNC(=O)C1CCCC(N)C1. The molecule has 1 aliphatic rings. The summed E-state index contributed by atoms with van der Waals surface area (Å²) in [6, 6.07) is 0.140. The summed E-state index contributed by atoms with van der Waals surface area (Å²) in [6.45, 7) is 2.45. The van der Waals surface area contributed by atoms with Crippen LogP contribution in [0.25, 0.3) is 0 Å². The van der Waals surface area contributed by atoms with Crippen molar-refractivity contribution in [1.29, 1.82) is 0 Å². The molecule has 0 aromatic carbocycles. The van der Waals surface area contributed by atoms with E-state index in [9.17, 15) is 13.2 Å². The third kappa shape index (κ3) is 6.35. The van der Waals surface area contributed by atoms with Crippen molar-refractivity contribution in [2.24, 2.45) is 11.7 Å². The monoisotopic (exact) mass is 291 g/mol. The van der Waals surface area contributed by atoms with Crippen LogP contribution in [0.5, 0.6) is 0 Å². The smallest absolute Gasteiger partial charge is 0.223 e. The minimum atomic E-state index is -3.13. The van der Waals surface area contributed by atoms with Gasteiger partial charge in [-0.3, -0.25) is 4.79 Å². The average Bonchev–Trinajstić information content (AvgIpc) is 2.38. The van der Waals surface area contributed by atoms with Gasteiger partial charge in [0.05, 0.1) is 5.75 Å². The van der Waals surface area contributed by atoms with Crippen LogP contribution in [0.15, 0.2) is 0 Å². The molecule has 19 heavy (non-hydrogen) atoms. The predicted molar refractivity (Wildman–Crippen MR) is 75.0 cm³/mol. The van der Waals surface area contributed by atoms with E-state index in [0.717, 1.165) is 25.7 Å². The molecule has 1 fully saturated rings. The predicted octanol–water partition coefficient (Wildman–Crippen LogP) is -0.0505. The number of hydrogen-bond donors (Lipinski definition) is 3. The van der Waals surface area contributed by atoms with Crippen molar-refractivity contribution in [2.75, 3.05) is 18.8 Å². The Morgan fingerprint density at radius 1 is 1.32 bits per heavy atom. The van der Waals surface area contributed by atoms with Gasteiger partial charge in [0.15, 0.2) is 0 Å². The van der Waals surface area contributed by atoms with Gasteiger partial charge in [0, 0.05) is 25.0 Å². The normalized spacial score (nSPS) is 24.1. The van der Waals surface area contributed by atoms with Gasteiger partial charge in [-0.1, -0.05) is 6.42 Å². The number of rotatable bonds is 7. The molecule has 0 aliphatic heterocycles. The molecule has 1 saturated carbocycles. The Kier molecular flexibility index (Phi) is 6.74. The molecule has 1 rings (SSSR count). The molecular formula is C12H25N3O3S. The number of carbonyl (C=O) groups is 1. The Labute approximate surface area is 115 Å². The summed E-state index contributed by atoms with van der Waals surface area (Å²) >= 11 is 0. The molecule has 0 spiro atoms. The molecular weight excluding hydrogens is 266 g/mol. The first-order chi connectivity index (χ1) is 8.94. The Balaban J connectivity index is 2.14. The second kappa shape index (κ2) is 7.81. The van der Waals surface area contributed by atoms with Crippen LogP contribution in [0.1, 0.15) is 39.0 Å². The van der Waals surface area contributed by atoms with E-state index in [4.69, 9.17) is 5.73 Å². The lowest BCUT2D eigenvalue weighted by atomic mass is 9.85. The minimum absolute atomic E-state index is 0.0242. The number of amides is 1. The topological polar surface area (TPSA) is 101 Å². The van der Waals surface area contributed by atoms with E-state index in [0.29, 0.717) is 19.5 Å². The van der Waals surface area contributed by atoms with Crippen LogP contribution in [-0.4, -0.2) is 39.2 Å². The van der Waals surface area contributed by atoms with Crippen molar-refractivity contribution in [2.45, 2.75) is 45.1 Å². The highest BCUT2D eigenvalue weighted by atomic mass is 32.2. The summed E-state index contributed by atoms with van der Waals surface area (Å²) in [5.74, 6) is 0.156. The molecule has 0 aromatic heterocycles. The van der Waals surface area contributed by atoms with Gasteiger partial charge < -0.3 is 11.1 Å². The van der Waals surface area contributed by atoms with Crippen molar-refractivity contribution in [1.82, 2.24) is 10.0 Å². The van der Waals surface area contributed by atoms with Crippen LogP contribution >= 0.6 is 0 Å². The number of nitrogens with one attached hydrogen (secondary N) is 2. The lowest BCUT2D eigenvalue weighted by molar-refractivity contribution is -0.126. The van der Waals surface area contributed by atoms with Gasteiger partial charge in [0.2, 0.25) is 15.9 Å². The van der Waals surface area contributed by atoms with Crippen molar-refractivity contribution in [3.05, 3.63) is 0 Å². The van der Waals surface area contributed by atoms with E-state index in [1.165, 1.54) is 0 Å². The van der Waals surface area contributed by atoms with E-state index in [1.807, 2.05) is 0 Å². The lowest BCUT2D eigenvalue weighted by Crippen LogP contribution is -2.38. The maximum absolute atomic E-state index is 11.9. The third-order valence-corrected chi connectivity index (χ3v) is 4.84. The van der Waals surface area contributed by atoms with Crippen molar-refractivity contribution < 1.29 is 13.2 Å². The Morgan fingerprint density at radius 3 is 2.68 bits per heavy atom. The molecule has 112 valence electrons. The number of carbonyl (C=O) groups excluding carboxylic acids is 1. The zero-order valence-corrected chi connectivity index (χ0v) is 12.3. The van der Waals surface area contributed by atoms with E-state index < -0.39 is 10.0 Å². The van der Waals surface area contributed by atoms with Gasteiger partial charge in [-0.25, -0.2) is 13.1 Å². The fraction of sp³-hybridized carbons (Fsp3) is 0.917. The fourth-order valence-corrected chi connectivity index (χ4v) is 2.90. The van der Waals surface area contributed by atoms with Gasteiger partial charge in [0.25, 0.3) is 0 Å². The van der Waals surface area contributed by atoms with Gasteiger partial charge in [-0.2, -0.15) is 0 Å². The highest BCUT2D eigenvalue weighted by molar-refractivity contribution is 7.89. The number of nitrogens with two attached hydrogens (primary N) is 1. The summed E-state index contributed by atoms with van der Waals surface area (Å²) in [7, 11) is -3.13. The zero-order chi connectivity index (χ0) is 14.3. The van der Waals surface area contributed by atoms with Crippen molar-refractivity contribution in [3.63, 3.8) is 0 Å². The molecule has 1 aliphatic carbocycles. The van der Waals surface area contributed by atoms with Gasteiger partial charge in [0.1, 0.15) is 0 Å². The lowest BCUT2D eigenvalue weighted by Gasteiger charge is -2.25. The maximum atomic E-state index is 11.9. The van der Waals surface area contributed by atoms with Crippen molar-refractivity contribution in [3.8, 4) is 0 Å². The molecule has 0 aromatic rings. The zero-order valence-electron chi connectivity index (χ0n) is 11.5. The quantitative estimate of drug-likeness (QED) is 0.572. The molecule has 2 atom stereocenters. The Morgan fingerprint density at radius 2 is 2.05 bits per heavy atom. The molecule has 4 N–H and O–H groups in total. The van der Waals surface area contributed by atoms with E-state index in [-0.39, 0.29) is 23.6 Å². The summed E-state index contributed by atoms with van der Waals surface area (Å²) in [6.07, 6.45) is 4.28. The Hall–Kier alpha value is -0.660. The van der Waals surface area contributed by atoms with Crippen LogP contribution in [0, 0.1) is 5.92 Å². The van der Waals surface area contributed by atoms with Crippen LogP contribution in [0.3, 0.4) is 0 Å².